The maximum atomic E-state index is 2.25. The Morgan fingerprint density at radius 3 is 2.08 bits per heavy atom. The highest BCUT2D eigenvalue weighted by atomic mass is 14.8. The standard InChI is InChI=1S/C11H17N/c1-11(2,3)9-7-5-6-8-10(9)12-4/h5-8,12H,1-4H3/p+1. The molecule has 1 rings (SSSR count). The Bertz CT molecular complexity index is 258. The summed E-state index contributed by atoms with van der Waals surface area (Å²) in [5.41, 5.74) is 3.03. The molecule has 0 radical (unpaired) electrons. The zero-order chi connectivity index (χ0) is 9.19. The predicted molar refractivity (Wildman–Crippen MR) is 52.7 cm³/mol. The number of quaternary nitrogens is 1. The minimum absolute atomic E-state index is 0.253. The summed E-state index contributed by atoms with van der Waals surface area (Å²) in [7, 11) is 2.09. The van der Waals surface area contributed by atoms with Gasteiger partial charge < -0.3 is 5.32 Å². The van der Waals surface area contributed by atoms with Crippen LogP contribution in [0.4, 0.5) is 5.69 Å². The van der Waals surface area contributed by atoms with Gasteiger partial charge in [-0.2, -0.15) is 0 Å². The van der Waals surface area contributed by atoms with Crippen molar-refractivity contribution in [3.63, 3.8) is 0 Å². The minimum atomic E-state index is 0.253. The minimum Gasteiger partial charge on any atom is -0.316 e. The molecular formula is C11H18N+. The summed E-state index contributed by atoms with van der Waals surface area (Å²) >= 11 is 0. The molecule has 0 unspecified atom stereocenters. The monoisotopic (exact) mass is 164 g/mol. The molecule has 66 valence electrons. The first-order valence-electron chi connectivity index (χ1n) is 4.44. The van der Waals surface area contributed by atoms with Crippen LogP contribution >= 0.6 is 0 Å². The van der Waals surface area contributed by atoms with Gasteiger partial charge in [-0.3, -0.25) is 0 Å². The molecule has 0 saturated heterocycles. The van der Waals surface area contributed by atoms with Crippen LogP contribution in [-0.4, -0.2) is 7.05 Å². The summed E-state index contributed by atoms with van der Waals surface area (Å²) in [6.07, 6.45) is 0. The molecule has 0 saturated carbocycles. The van der Waals surface area contributed by atoms with Gasteiger partial charge in [0.2, 0.25) is 0 Å². The average molecular weight is 164 g/mol. The topological polar surface area (TPSA) is 16.6 Å². The zero-order valence-electron chi connectivity index (χ0n) is 8.39. The fourth-order valence-electron chi connectivity index (χ4n) is 1.43. The lowest BCUT2D eigenvalue weighted by molar-refractivity contribution is -0.540. The van der Waals surface area contributed by atoms with Crippen LogP contribution in [0, 0.1) is 0 Å². The van der Waals surface area contributed by atoms with E-state index in [0.29, 0.717) is 0 Å². The van der Waals surface area contributed by atoms with Crippen LogP contribution in [0.5, 0.6) is 0 Å². The number of benzene rings is 1. The van der Waals surface area contributed by atoms with Crippen LogP contribution in [0.25, 0.3) is 0 Å². The summed E-state index contributed by atoms with van der Waals surface area (Å²) in [6.45, 7) is 6.74. The first-order valence-corrected chi connectivity index (χ1v) is 4.44. The quantitative estimate of drug-likeness (QED) is 0.610. The molecule has 1 heteroatoms. The molecule has 0 fully saturated rings. The van der Waals surface area contributed by atoms with E-state index in [9.17, 15) is 0 Å². The van der Waals surface area contributed by atoms with Crippen LogP contribution in [0.15, 0.2) is 24.3 Å². The first kappa shape index (κ1) is 9.27. The van der Waals surface area contributed by atoms with E-state index in [1.807, 2.05) is 0 Å². The predicted octanol–water partition coefficient (Wildman–Crippen LogP) is 1.81. The smallest absolute Gasteiger partial charge is 0.133 e. The highest BCUT2D eigenvalue weighted by Crippen LogP contribution is 2.26. The van der Waals surface area contributed by atoms with Crippen LogP contribution in [-0.2, 0) is 5.41 Å². The largest absolute Gasteiger partial charge is 0.316 e. The Balaban J connectivity index is 3.14. The molecule has 12 heavy (non-hydrogen) atoms. The van der Waals surface area contributed by atoms with Gasteiger partial charge in [-0.1, -0.05) is 39.0 Å². The molecule has 0 aliphatic carbocycles. The fraction of sp³-hybridized carbons (Fsp3) is 0.455. The van der Waals surface area contributed by atoms with Crippen molar-refractivity contribution in [2.45, 2.75) is 26.2 Å². The second-order valence-electron chi connectivity index (χ2n) is 4.13. The lowest BCUT2D eigenvalue weighted by Gasteiger charge is -2.19. The van der Waals surface area contributed by atoms with Crippen molar-refractivity contribution < 1.29 is 5.32 Å². The molecule has 1 nitrogen and oxygen atoms in total. The van der Waals surface area contributed by atoms with E-state index >= 15 is 0 Å². The zero-order valence-corrected chi connectivity index (χ0v) is 8.39. The number of nitrogens with two attached hydrogens (primary N) is 1. The van der Waals surface area contributed by atoms with Crippen molar-refractivity contribution in [2.24, 2.45) is 0 Å². The van der Waals surface area contributed by atoms with Crippen LogP contribution in [0.2, 0.25) is 0 Å². The summed E-state index contributed by atoms with van der Waals surface area (Å²) in [5.74, 6) is 0. The van der Waals surface area contributed by atoms with Crippen molar-refractivity contribution in [2.75, 3.05) is 7.05 Å². The van der Waals surface area contributed by atoms with E-state index in [1.54, 1.807) is 0 Å². The SMILES string of the molecule is C[NH2+]c1ccccc1C(C)(C)C. The van der Waals surface area contributed by atoms with Crippen molar-refractivity contribution in [1.29, 1.82) is 0 Å². The number of hydrogen-bond donors (Lipinski definition) is 1. The van der Waals surface area contributed by atoms with Crippen molar-refractivity contribution in [1.82, 2.24) is 0 Å². The molecule has 0 bridgehead atoms. The molecule has 0 atom stereocenters. The maximum absolute atomic E-state index is 2.25. The van der Waals surface area contributed by atoms with E-state index in [-0.39, 0.29) is 5.41 Å². The summed E-state index contributed by atoms with van der Waals surface area (Å²) in [5, 5.41) is 2.17. The molecule has 0 amide bonds. The lowest BCUT2D eigenvalue weighted by Crippen LogP contribution is -2.73. The first-order chi connectivity index (χ1) is 5.55. The van der Waals surface area contributed by atoms with Gasteiger partial charge in [-0.25, -0.2) is 0 Å². The maximum Gasteiger partial charge on any atom is 0.133 e. The van der Waals surface area contributed by atoms with Gasteiger partial charge in [0.15, 0.2) is 0 Å². The highest BCUT2D eigenvalue weighted by Gasteiger charge is 2.18. The van der Waals surface area contributed by atoms with Gasteiger partial charge in [0, 0.05) is 5.56 Å². The van der Waals surface area contributed by atoms with Crippen LogP contribution in [0.3, 0.4) is 0 Å². The molecule has 2 N–H and O–H groups in total. The Hall–Kier alpha value is -0.820. The highest BCUT2D eigenvalue weighted by molar-refractivity contribution is 5.42. The molecule has 0 aliphatic heterocycles. The van der Waals surface area contributed by atoms with Crippen molar-refractivity contribution >= 4 is 5.69 Å². The average Bonchev–Trinajstić information content (AvgIpc) is 2.03. The van der Waals surface area contributed by atoms with Gasteiger partial charge in [0.05, 0.1) is 7.05 Å². The number of hydrogen-bond acceptors (Lipinski definition) is 0. The molecular weight excluding hydrogens is 146 g/mol. The van der Waals surface area contributed by atoms with E-state index < -0.39 is 0 Å². The van der Waals surface area contributed by atoms with Crippen LogP contribution in [0.1, 0.15) is 26.3 Å². The van der Waals surface area contributed by atoms with Crippen molar-refractivity contribution in [3.8, 4) is 0 Å². The van der Waals surface area contributed by atoms with Gasteiger partial charge >= 0.3 is 0 Å². The second-order valence-corrected chi connectivity index (χ2v) is 4.13. The Morgan fingerprint density at radius 2 is 1.67 bits per heavy atom. The van der Waals surface area contributed by atoms with Gasteiger partial charge in [-0.15, -0.1) is 0 Å². The molecule has 0 aliphatic rings. The third kappa shape index (κ3) is 1.86. The summed E-state index contributed by atoms with van der Waals surface area (Å²) in [6, 6.07) is 8.56. The van der Waals surface area contributed by atoms with Crippen LogP contribution < -0.4 is 5.32 Å². The third-order valence-electron chi connectivity index (χ3n) is 2.08. The molecule has 0 aromatic heterocycles. The summed E-state index contributed by atoms with van der Waals surface area (Å²) in [4.78, 5) is 0. The Labute approximate surface area is 74.8 Å². The van der Waals surface area contributed by atoms with E-state index in [1.165, 1.54) is 11.3 Å². The third-order valence-corrected chi connectivity index (χ3v) is 2.08. The lowest BCUT2D eigenvalue weighted by atomic mass is 9.86. The fourth-order valence-corrected chi connectivity index (χ4v) is 1.43. The van der Waals surface area contributed by atoms with Gasteiger partial charge in [0.25, 0.3) is 0 Å². The van der Waals surface area contributed by atoms with Gasteiger partial charge in [-0.05, 0) is 11.5 Å². The second kappa shape index (κ2) is 3.28. The molecule has 1 aromatic carbocycles. The van der Waals surface area contributed by atoms with E-state index in [0.717, 1.165) is 0 Å². The Kier molecular flexibility index (Phi) is 2.53. The number of para-hydroxylation sites is 1. The van der Waals surface area contributed by atoms with Crippen molar-refractivity contribution in [3.05, 3.63) is 29.8 Å². The van der Waals surface area contributed by atoms with E-state index in [4.69, 9.17) is 0 Å². The molecule has 0 heterocycles. The normalized spacial score (nSPS) is 11.7. The number of rotatable bonds is 1. The molecule has 1 aromatic rings. The van der Waals surface area contributed by atoms with Gasteiger partial charge in [0.1, 0.15) is 5.69 Å². The summed E-state index contributed by atoms with van der Waals surface area (Å²) < 4.78 is 0. The Morgan fingerprint density at radius 1 is 1.08 bits per heavy atom. The van der Waals surface area contributed by atoms with E-state index in [2.05, 4.69) is 57.4 Å². The molecule has 0 spiro atoms.